The number of thiazole rings is 1. The predicted molar refractivity (Wildman–Crippen MR) is 123 cm³/mol. The van der Waals surface area contributed by atoms with Crippen molar-refractivity contribution in [2.45, 2.75) is 19.4 Å². The highest BCUT2D eigenvalue weighted by Crippen LogP contribution is 2.31. The Balaban J connectivity index is 1.52. The number of benzene rings is 3. The van der Waals surface area contributed by atoms with E-state index in [9.17, 15) is 4.79 Å². The molecular formula is C23H19BrN2O2S. The van der Waals surface area contributed by atoms with Crippen molar-refractivity contribution in [3.05, 3.63) is 76.6 Å². The maximum Gasteiger partial charge on any atom is 0.269 e. The van der Waals surface area contributed by atoms with E-state index in [2.05, 4.69) is 44.4 Å². The van der Waals surface area contributed by atoms with Crippen LogP contribution in [0.1, 0.15) is 13.8 Å². The average molecular weight is 467 g/mol. The van der Waals surface area contributed by atoms with Gasteiger partial charge in [0.05, 0.1) is 5.69 Å². The van der Waals surface area contributed by atoms with Gasteiger partial charge < -0.3 is 4.74 Å². The van der Waals surface area contributed by atoms with E-state index in [0.29, 0.717) is 10.9 Å². The topological polar surface area (TPSA) is 51.2 Å². The van der Waals surface area contributed by atoms with Crippen molar-refractivity contribution in [2.75, 3.05) is 5.32 Å². The Morgan fingerprint density at radius 1 is 1.03 bits per heavy atom. The number of hydrogen-bond acceptors (Lipinski definition) is 4. The lowest BCUT2D eigenvalue weighted by Gasteiger charge is -2.24. The molecule has 4 aromatic rings. The highest BCUT2D eigenvalue weighted by Gasteiger charge is 2.30. The van der Waals surface area contributed by atoms with E-state index in [-0.39, 0.29) is 5.91 Å². The van der Waals surface area contributed by atoms with E-state index in [1.54, 1.807) is 13.8 Å². The molecule has 6 heteroatoms. The molecule has 1 amide bonds. The van der Waals surface area contributed by atoms with E-state index < -0.39 is 5.60 Å². The minimum atomic E-state index is -1.04. The molecule has 4 nitrogen and oxygen atoms in total. The summed E-state index contributed by atoms with van der Waals surface area (Å²) in [5.41, 5.74) is 0.845. The maximum absolute atomic E-state index is 12.8. The second kappa shape index (κ2) is 7.97. The summed E-state index contributed by atoms with van der Waals surface area (Å²) in [7, 11) is 0. The van der Waals surface area contributed by atoms with Gasteiger partial charge in [-0.1, -0.05) is 58.4 Å². The van der Waals surface area contributed by atoms with E-state index in [1.807, 2.05) is 53.9 Å². The molecule has 0 atom stereocenters. The molecule has 4 rings (SSSR count). The number of halogens is 1. The number of hydrogen-bond donors (Lipinski definition) is 1. The summed E-state index contributed by atoms with van der Waals surface area (Å²) in [5.74, 6) is 0.378. The molecule has 0 fully saturated rings. The molecule has 1 aromatic heterocycles. The number of anilines is 1. The number of nitrogens with one attached hydrogen (secondary N) is 1. The summed E-state index contributed by atoms with van der Waals surface area (Å²) in [5, 5.41) is 7.69. The van der Waals surface area contributed by atoms with Crippen molar-refractivity contribution in [2.24, 2.45) is 0 Å². The van der Waals surface area contributed by atoms with E-state index in [0.717, 1.165) is 26.5 Å². The zero-order valence-electron chi connectivity index (χ0n) is 16.0. The molecule has 0 aliphatic carbocycles. The monoisotopic (exact) mass is 466 g/mol. The second-order valence-corrected chi connectivity index (χ2v) is 8.86. The van der Waals surface area contributed by atoms with Gasteiger partial charge in [-0.25, -0.2) is 4.98 Å². The highest BCUT2D eigenvalue weighted by atomic mass is 79.9. The molecule has 0 saturated heterocycles. The van der Waals surface area contributed by atoms with Crippen molar-refractivity contribution >= 4 is 49.1 Å². The zero-order valence-corrected chi connectivity index (χ0v) is 18.4. The Morgan fingerprint density at radius 2 is 1.76 bits per heavy atom. The lowest BCUT2D eigenvalue weighted by molar-refractivity contribution is -0.128. The Labute approximate surface area is 181 Å². The molecule has 0 saturated carbocycles. The van der Waals surface area contributed by atoms with Gasteiger partial charge in [-0.05, 0) is 48.9 Å². The lowest BCUT2D eigenvalue weighted by Crippen LogP contribution is -2.42. The molecular weight excluding hydrogens is 448 g/mol. The van der Waals surface area contributed by atoms with Crippen LogP contribution in [0.15, 0.2) is 76.6 Å². The van der Waals surface area contributed by atoms with Crippen LogP contribution in [0.3, 0.4) is 0 Å². The molecule has 0 spiro atoms. The quantitative estimate of drug-likeness (QED) is 0.364. The summed E-state index contributed by atoms with van der Waals surface area (Å²) in [6.07, 6.45) is 0. The van der Waals surface area contributed by atoms with Gasteiger partial charge in [0.1, 0.15) is 5.75 Å². The van der Waals surface area contributed by atoms with Crippen LogP contribution in [-0.2, 0) is 4.79 Å². The number of rotatable bonds is 5. The number of ether oxygens (including phenoxy) is 1. The van der Waals surface area contributed by atoms with Crippen LogP contribution in [0.25, 0.3) is 22.0 Å². The fraction of sp³-hybridized carbons (Fsp3) is 0.130. The van der Waals surface area contributed by atoms with Crippen LogP contribution in [0.4, 0.5) is 5.13 Å². The number of aromatic nitrogens is 1. The SMILES string of the molecule is CC(C)(Oc1ccc(Br)cc1)C(=O)Nc1nc(-c2cccc3ccccc23)cs1. The molecule has 0 aliphatic rings. The van der Waals surface area contributed by atoms with Crippen molar-refractivity contribution in [3.8, 4) is 17.0 Å². The summed E-state index contributed by atoms with van der Waals surface area (Å²) in [6, 6.07) is 21.7. The summed E-state index contributed by atoms with van der Waals surface area (Å²) in [6.45, 7) is 3.48. The third-order valence-electron chi connectivity index (χ3n) is 4.52. The van der Waals surface area contributed by atoms with Gasteiger partial charge >= 0.3 is 0 Å². The molecule has 29 heavy (non-hydrogen) atoms. The highest BCUT2D eigenvalue weighted by molar-refractivity contribution is 9.10. The minimum absolute atomic E-state index is 0.251. The third kappa shape index (κ3) is 4.33. The fourth-order valence-corrected chi connectivity index (χ4v) is 3.96. The first-order valence-electron chi connectivity index (χ1n) is 9.12. The van der Waals surface area contributed by atoms with Gasteiger partial charge in [0, 0.05) is 15.4 Å². The standard InChI is InChI=1S/C23H19BrN2O2S/c1-23(2,28-17-12-10-16(24)11-13-17)21(27)26-22-25-20(14-29-22)19-9-5-7-15-6-3-4-8-18(15)19/h3-14H,1-2H3,(H,25,26,27). The number of carbonyl (C=O) groups excluding carboxylic acids is 1. The Hall–Kier alpha value is -2.70. The smallest absolute Gasteiger partial charge is 0.269 e. The van der Waals surface area contributed by atoms with Crippen molar-refractivity contribution in [1.29, 1.82) is 0 Å². The number of amides is 1. The average Bonchev–Trinajstić information content (AvgIpc) is 3.17. The van der Waals surface area contributed by atoms with Crippen molar-refractivity contribution in [3.63, 3.8) is 0 Å². The summed E-state index contributed by atoms with van der Waals surface area (Å²) in [4.78, 5) is 17.4. The van der Waals surface area contributed by atoms with Crippen LogP contribution < -0.4 is 10.1 Å². The normalized spacial score (nSPS) is 11.4. The second-order valence-electron chi connectivity index (χ2n) is 7.09. The first kappa shape index (κ1) is 19.6. The van der Waals surface area contributed by atoms with Crippen molar-refractivity contribution in [1.82, 2.24) is 4.98 Å². The summed E-state index contributed by atoms with van der Waals surface area (Å²) >= 11 is 4.79. The number of nitrogens with zero attached hydrogens (tertiary/aromatic N) is 1. The van der Waals surface area contributed by atoms with Crippen molar-refractivity contribution < 1.29 is 9.53 Å². The van der Waals surface area contributed by atoms with Crippen LogP contribution in [0.2, 0.25) is 0 Å². The molecule has 1 N–H and O–H groups in total. The van der Waals surface area contributed by atoms with Crippen LogP contribution in [0, 0.1) is 0 Å². The number of carbonyl (C=O) groups is 1. The van der Waals surface area contributed by atoms with Crippen LogP contribution in [0.5, 0.6) is 5.75 Å². The first-order chi connectivity index (χ1) is 13.9. The third-order valence-corrected chi connectivity index (χ3v) is 5.81. The van der Waals surface area contributed by atoms with Gasteiger partial charge in [0.15, 0.2) is 10.7 Å². The van der Waals surface area contributed by atoms with E-state index in [1.165, 1.54) is 11.3 Å². The Kier molecular flexibility index (Phi) is 5.39. The largest absolute Gasteiger partial charge is 0.478 e. The molecule has 0 bridgehead atoms. The molecule has 0 aliphatic heterocycles. The molecule has 3 aromatic carbocycles. The Bertz CT molecular complexity index is 1160. The molecule has 1 heterocycles. The fourth-order valence-electron chi connectivity index (χ4n) is 2.99. The van der Waals surface area contributed by atoms with Gasteiger partial charge in [-0.2, -0.15) is 0 Å². The molecule has 146 valence electrons. The van der Waals surface area contributed by atoms with E-state index >= 15 is 0 Å². The zero-order chi connectivity index (χ0) is 20.4. The summed E-state index contributed by atoms with van der Waals surface area (Å²) < 4.78 is 6.84. The minimum Gasteiger partial charge on any atom is -0.478 e. The number of fused-ring (bicyclic) bond motifs is 1. The van der Waals surface area contributed by atoms with E-state index in [4.69, 9.17) is 4.74 Å². The van der Waals surface area contributed by atoms with Gasteiger partial charge in [0.25, 0.3) is 5.91 Å². The first-order valence-corrected chi connectivity index (χ1v) is 10.8. The van der Waals surface area contributed by atoms with Crippen LogP contribution in [-0.4, -0.2) is 16.5 Å². The molecule has 0 unspecified atom stereocenters. The maximum atomic E-state index is 12.8. The molecule has 0 radical (unpaired) electrons. The van der Waals surface area contributed by atoms with Gasteiger partial charge in [-0.3, -0.25) is 10.1 Å². The van der Waals surface area contributed by atoms with Gasteiger partial charge in [-0.15, -0.1) is 11.3 Å². The van der Waals surface area contributed by atoms with Crippen LogP contribution >= 0.6 is 27.3 Å². The van der Waals surface area contributed by atoms with Gasteiger partial charge in [0.2, 0.25) is 0 Å². The Morgan fingerprint density at radius 3 is 2.55 bits per heavy atom. The predicted octanol–water partition coefficient (Wildman–Crippen LogP) is 6.52. The lowest BCUT2D eigenvalue weighted by atomic mass is 10.0.